The SMILES string of the molecule is O=C(Cc1cccc2cccnc12)N1CCCC[C@@H]1Cn1cccn1. The maximum Gasteiger partial charge on any atom is 0.227 e. The first-order valence-electron chi connectivity index (χ1n) is 8.91. The predicted molar refractivity (Wildman–Crippen MR) is 97.0 cm³/mol. The Labute approximate surface area is 147 Å². The number of likely N-dealkylation sites (tertiary alicyclic amines) is 1. The van der Waals surface area contributed by atoms with Crippen molar-refractivity contribution in [3.05, 3.63) is 60.6 Å². The van der Waals surface area contributed by atoms with Crippen LogP contribution in [0.1, 0.15) is 24.8 Å². The average molecular weight is 334 g/mol. The highest BCUT2D eigenvalue weighted by molar-refractivity contribution is 5.87. The molecule has 3 aromatic rings. The van der Waals surface area contributed by atoms with Gasteiger partial charge < -0.3 is 4.90 Å². The van der Waals surface area contributed by atoms with E-state index < -0.39 is 0 Å². The lowest BCUT2D eigenvalue weighted by Gasteiger charge is -2.36. The molecule has 0 saturated carbocycles. The molecule has 5 heteroatoms. The fourth-order valence-electron chi connectivity index (χ4n) is 3.72. The van der Waals surface area contributed by atoms with Crippen LogP contribution in [0.15, 0.2) is 55.0 Å². The van der Waals surface area contributed by atoms with Gasteiger partial charge >= 0.3 is 0 Å². The maximum atomic E-state index is 13.0. The summed E-state index contributed by atoms with van der Waals surface area (Å²) in [5.41, 5.74) is 1.94. The number of aromatic nitrogens is 3. The van der Waals surface area contributed by atoms with E-state index in [1.54, 1.807) is 12.4 Å². The van der Waals surface area contributed by atoms with Crippen molar-refractivity contribution >= 4 is 16.8 Å². The Morgan fingerprint density at radius 2 is 2.04 bits per heavy atom. The number of piperidine rings is 1. The van der Waals surface area contributed by atoms with E-state index in [1.165, 1.54) is 6.42 Å². The number of hydrogen-bond acceptors (Lipinski definition) is 3. The van der Waals surface area contributed by atoms with Gasteiger partial charge in [-0.3, -0.25) is 14.5 Å². The molecule has 1 atom stereocenters. The quantitative estimate of drug-likeness (QED) is 0.737. The molecule has 2 aromatic heterocycles. The van der Waals surface area contributed by atoms with Gasteiger partial charge in [-0.2, -0.15) is 5.10 Å². The number of fused-ring (bicyclic) bond motifs is 1. The lowest BCUT2D eigenvalue weighted by atomic mass is 10.00. The summed E-state index contributed by atoms with van der Waals surface area (Å²) in [5.74, 6) is 0.190. The molecule has 1 amide bonds. The van der Waals surface area contributed by atoms with Crippen LogP contribution in [0.4, 0.5) is 0 Å². The molecule has 25 heavy (non-hydrogen) atoms. The van der Waals surface area contributed by atoms with Gasteiger partial charge in [0.15, 0.2) is 0 Å². The van der Waals surface area contributed by atoms with Crippen molar-refractivity contribution in [2.75, 3.05) is 6.54 Å². The second-order valence-corrected chi connectivity index (χ2v) is 6.63. The number of pyridine rings is 1. The van der Waals surface area contributed by atoms with Gasteiger partial charge in [0.25, 0.3) is 0 Å². The fraction of sp³-hybridized carbons (Fsp3) is 0.350. The molecule has 0 aliphatic carbocycles. The topological polar surface area (TPSA) is 51.0 Å². The van der Waals surface area contributed by atoms with Crippen molar-refractivity contribution in [2.45, 2.75) is 38.3 Å². The van der Waals surface area contributed by atoms with Gasteiger partial charge in [0.1, 0.15) is 0 Å². The molecule has 0 unspecified atom stereocenters. The third-order valence-corrected chi connectivity index (χ3v) is 4.96. The molecule has 0 radical (unpaired) electrons. The Morgan fingerprint density at radius 3 is 2.92 bits per heavy atom. The Morgan fingerprint density at radius 1 is 1.12 bits per heavy atom. The molecular formula is C20H22N4O. The van der Waals surface area contributed by atoms with Crippen LogP contribution in [0, 0.1) is 0 Å². The number of amides is 1. The van der Waals surface area contributed by atoms with E-state index in [2.05, 4.69) is 10.1 Å². The van der Waals surface area contributed by atoms with Crippen LogP contribution in [0.3, 0.4) is 0 Å². The molecule has 1 saturated heterocycles. The van der Waals surface area contributed by atoms with Crippen LogP contribution in [-0.4, -0.2) is 38.2 Å². The number of carbonyl (C=O) groups is 1. The minimum absolute atomic E-state index is 0.190. The van der Waals surface area contributed by atoms with Gasteiger partial charge in [0.2, 0.25) is 5.91 Å². The van der Waals surface area contributed by atoms with E-state index in [1.807, 2.05) is 52.2 Å². The molecule has 0 spiro atoms. The molecule has 0 bridgehead atoms. The molecule has 3 heterocycles. The first-order chi connectivity index (χ1) is 12.3. The zero-order chi connectivity index (χ0) is 17.1. The van der Waals surface area contributed by atoms with Gasteiger partial charge in [0, 0.05) is 30.5 Å². The van der Waals surface area contributed by atoms with Crippen molar-refractivity contribution < 1.29 is 4.79 Å². The van der Waals surface area contributed by atoms with Crippen LogP contribution in [-0.2, 0) is 17.8 Å². The lowest BCUT2D eigenvalue weighted by Crippen LogP contribution is -2.46. The summed E-state index contributed by atoms with van der Waals surface area (Å²) in [6, 6.07) is 12.2. The standard InChI is InChI=1S/C20H22N4O/c25-19(14-17-7-3-6-16-8-4-10-21-20(16)17)24-13-2-1-9-18(24)15-23-12-5-11-22-23/h3-8,10-12,18H,1-2,9,13-15H2/t18-/m1/s1. The molecule has 1 aromatic carbocycles. The van der Waals surface area contributed by atoms with Crippen molar-refractivity contribution in [3.63, 3.8) is 0 Å². The van der Waals surface area contributed by atoms with Crippen molar-refractivity contribution in [1.29, 1.82) is 0 Å². The zero-order valence-corrected chi connectivity index (χ0v) is 14.2. The summed E-state index contributed by atoms with van der Waals surface area (Å²) < 4.78 is 1.93. The summed E-state index contributed by atoms with van der Waals surface area (Å²) in [6.07, 6.45) is 9.24. The minimum Gasteiger partial charge on any atom is -0.338 e. The Bertz CT molecular complexity index is 854. The highest BCUT2D eigenvalue weighted by Gasteiger charge is 2.27. The first kappa shape index (κ1) is 15.8. The number of nitrogens with zero attached hydrogens (tertiary/aromatic N) is 4. The van der Waals surface area contributed by atoms with Crippen LogP contribution < -0.4 is 0 Å². The largest absolute Gasteiger partial charge is 0.338 e. The Balaban J connectivity index is 1.54. The molecule has 4 rings (SSSR count). The van der Waals surface area contributed by atoms with E-state index in [-0.39, 0.29) is 11.9 Å². The van der Waals surface area contributed by atoms with Gasteiger partial charge in [-0.25, -0.2) is 0 Å². The Hall–Kier alpha value is -2.69. The van der Waals surface area contributed by atoms with Crippen molar-refractivity contribution in [2.24, 2.45) is 0 Å². The maximum absolute atomic E-state index is 13.0. The van der Waals surface area contributed by atoms with E-state index in [9.17, 15) is 4.79 Å². The summed E-state index contributed by atoms with van der Waals surface area (Å²) in [4.78, 5) is 19.5. The third kappa shape index (κ3) is 3.40. The summed E-state index contributed by atoms with van der Waals surface area (Å²) in [7, 11) is 0. The van der Waals surface area contributed by atoms with E-state index >= 15 is 0 Å². The zero-order valence-electron chi connectivity index (χ0n) is 14.2. The van der Waals surface area contributed by atoms with E-state index in [0.29, 0.717) is 6.42 Å². The molecule has 1 aliphatic heterocycles. The van der Waals surface area contributed by atoms with Gasteiger partial charge in [-0.1, -0.05) is 24.3 Å². The van der Waals surface area contributed by atoms with Crippen LogP contribution in [0.2, 0.25) is 0 Å². The minimum atomic E-state index is 0.190. The van der Waals surface area contributed by atoms with Crippen molar-refractivity contribution in [3.8, 4) is 0 Å². The lowest BCUT2D eigenvalue weighted by molar-refractivity contribution is -0.134. The molecular weight excluding hydrogens is 312 g/mol. The number of carbonyl (C=O) groups excluding carboxylic acids is 1. The second-order valence-electron chi connectivity index (χ2n) is 6.63. The number of rotatable bonds is 4. The molecule has 5 nitrogen and oxygen atoms in total. The monoisotopic (exact) mass is 334 g/mol. The van der Waals surface area contributed by atoms with Crippen LogP contribution >= 0.6 is 0 Å². The van der Waals surface area contributed by atoms with Crippen LogP contribution in [0.25, 0.3) is 10.9 Å². The number of para-hydroxylation sites is 1. The molecule has 0 N–H and O–H groups in total. The molecule has 128 valence electrons. The summed E-state index contributed by atoms with van der Waals surface area (Å²) in [5, 5.41) is 5.38. The highest BCUT2D eigenvalue weighted by Crippen LogP contribution is 2.22. The van der Waals surface area contributed by atoms with E-state index in [0.717, 1.165) is 42.4 Å². The van der Waals surface area contributed by atoms with E-state index in [4.69, 9.17) is 0 Å². The second kappa shape index (κ2) is 7.05. The summed E-state index contributed by atoms with van der Waals surface area (Å²) in [6.45, 7) is 1.61. The molecule has 1 fully saturated rings. The first-order valence-corrected chi connectivity index (χ1v) is 8.91. The number of hydrogen-bond donors (Lipinski definition) is 0. The highest BCUT2D eigenvalue weighted by atomic mass is 16.2. The van der Waals surface area contributed by atoms with Gasteiger partial charge in [0.05, 0.1) is 24.5 Å². The normalized spacial score (nSPS) is 17.8. The summed E-state index contributed by atoms with van der Waals surface area (Å²) >= 11 is 0. The van der Waals surface area contributed by atoms with Crippen molar-refractivity contribution in [1.82, 2.24) is 19.7 Å². The Kier molecular flexibility index (Phi) is 4.46. The fourth-order valence-corrected chi connectivity index (χ4v) is 3.72. The molecule has 1 aliphatic rings. The predicted octanol–water partition coefficient (Wildman–Crippen LogP) is 3.06. The van der Waals surface area contributed by atoms with Gasteiger partial charge in [-0.15, -0.1) is 0 Å². The van der Waals surface area contributed by atoms with Crippen LogP contribution in [0.5, 0.6) is 0 Å². The van der Waals surface area contributed by atoms with Gasteiger partial charge in [-0.05, 0) is 37.0 Å². The average Bonchev–Trinajstić information content (AvgIpc) is 3.15. The third-order valence-electron chi connectivity index (χ3n) is 4.96. The number of benzene rings is 1. The smallest absolute Gasteiger partial charge is 0.227 e.